The Morgan fingerprint density at radius 2 is 1.05 bits per heavy atom. The van der Waals surface area contributed by atoms with Crippen molar-refractivity contribution in [2.24, 2.45) is 5.41 Å². The third-order valence-electron chi connectivity index (χ3n) is 3.47. The van der Waals surface area contributed by atoms with Crippen molar-refractivity contribution in [3.8, 4) is 0 Å². The van der Waals surface area contributed by atoms with E-state index in [0.29, 0.717) is 24.0 Å². The second-order valence-corrected chi connectivity index (χ2v) is 6.10. The molecule has 2 aromatic carbocycles. The molecule has 0 amide bonds. The van der Waals surface area contributed by atoms with E-state index in [2.05, 4.69) is 0 Å². The quantitative estimate of drug-likeness (QED) is 0.727. The summed E-state index contributed by atoms with van der Waals surface area (Å²) >= 11 is 0. The molecule has 2 nitrogen and oxygen atoms in total. The molecule has 0 aliphatic carbocycles. The first-order valence-electron chi connectivity index (χ1n) is 7.14. The first-order valence-corrected chi connectivity index (χ1v) is 7.14. The van der Waals surface area contributed by atoms with E-state index in [1.165, 1.54) is 0 Å². The molecule has 0 radical (unpaired) electrons. The highest BCUT2D eigenvalue weighted by Crippen LogP contribution is 2.28. The SMILES string of the molecule is CC(C)(CC(=O)c1ccccc1)CC(=O)c1ccccc1. The van der Waals surface area contributed by atoms with Crippen molar-refractivity contribution in [1.82, 2.24) is 0 Å². The van der Waals surface area contributed by atoms with Crippen molar-refractivity contribution in [3.05, 3.63) is 71.8 Å². The minimum atomic E-state index is -0.347. The predicted octanol–water partition coefficient (Wildman–Crippen LogP) is 4.56. The summed E-state index contributed by atoms with van der Waals surface area (Å²) in [6.07, 6.45) is 0.741. The monoisotopic (exact) mass is 280 g/mol. The van der Waals surface area contributed by atoms with Gasteiger partial charge in [0, 0.05) is 24.0 Å². The van der Waals surface area contributed by atoms with Gasteiger partial charge in [-0.2, -0.15) is 0 Å². The molecule has 21 heavy (non-hydrogen) atoms. The van der Waals surface area contributed by atoms with E-state index in [0.717, 1.165) is 0 Å². The summed E-state index contributed by atoms with van der Waals surface area (Å²) in [4.78, 5) is 24.5. The number of hydrogen-bond acceptors (Lipinski definition) is 2. The Morgan fingerprint density at radius 3 is 1.38 bits per heavy atom. The number of rotatable bonds is 6. The molecular weight excluding hydrogens is 260 g/mol. The molecule has 0 unspecified atom stereocenters. The maximum Gasteiger partial charge on any atom is 0.163 e. The van der Waals surface area contributed by atoms with Crippen LogP contribution in [0.25, 0.3) is 0 Å². The predicted molar refractivity (Wildman–Crippen MR) is 84.6 cm³/mol. The molecule has 0 bridgehead atoms. The van der Waals surface area contributed by atoms with Crippen molar-refractivity contribution < 1.29 is 9.59 Å². The maximum atomic E-state index is 12.3. The Morgan fingerprint density at radius 1 is 0.714 bits per heavy atom. The lowest BCUT2D eigenvalue weighted by molar-refractivity contribution is 0.0869. The molecule has 0 aromatic heterocycles. The van der Waals surface area contributed by atoms with Gasteiger partial charge in [0.1, 0.15) is 0 Å². The third-order valence-corrected chi connectivity index (χ3v) is 3.47. The van der Waals surface area contributed by atoms with Crippen LogP contribution in [0.1, 0.15) is 47.4 Å². The van der Waals surface area contributed by atoms with E-state index in [1.807, 2.05) is 74.5 Å². The van der Waals surface area contributed by atoms with Crippen molar-refractivity contribution in [3.63, 3.8) is 0 Å². The van der Waals surface area contributed by atoms with Crippen molar-refractivity contribution in [2.45, 2.75) is 26.7 Å². The summed E-state index contributed by atoms with van der Waals surface area (Å²) in [5, 5.41) is 0. The second kappa shape index (κ2) is 6.49. The highest BCUT2D eigenvalue weighted by atomic mass is 16.1. The van der Waals surface area contributed by atoms with Gasteiger partial charge in [-0.1, -0.05) is 74.5 Å². The van der Waals surface area contributed by atoms with Gasteiger partial charge in [0.2, 0.25) is 0 Å². The molecule has 2 rings (SSSR count). The number of hydrogen-bond donors (Lipinski definition) is 0. The highest BCUT2D eigenvalue weighted by Gasteiger charge is 2.26. The summed E-state index contributed by atoms with van der Waals surface area (Å²) in [5.74, 6) is 0.169. The lowest BCUT2D eigenvalue weighted by atomic mass is 9.80. The minimum absolute atomic E-state index is 0.0847. The number of benzene rings is 2. The molecule has 0 aliphatic rings. The second-order valence-electron chi connectivity index (χ2n) is 6.10. The first kappa shape index (κ1) is 15.2. The standard InChI is InChI=1S/C19H20O2/c1-19(2,13-17(20)15-9-5-3-6-10-15)14-18(21)16-11-7-4-8-12-16/h3-12H,13-14H2,1-2H3. The molecule has 0 aliphatic heterocycles. The van der Waals surface area contributed by atoms with Gasteiger partial charge >= 0.3 is 0 Å². The van der Waals surface area contributed by atoms with Crippen LogP contribution >= 0.6 is 0 Å². The zero-order valence-corrected chi connectivity index (χ0v) is 12.5. The normalized spacial score (nSPS) is 11.1. The smallest absolute Gasteiger partial charge is 0.163 e. The van der Waals surface area contributed by atoms with Gasteiger partial charge in [0.15, 0.2) is 11.6 Å². The zero-order chi connectivity index (χ0) is 15.3. The number of ketones is 2. The van der Waals surface area contributed by atoms with Gasteiger partial charge in [-0.25, -0.2) is 0 Å². The fourth-order valence-electron chi connectivity index (χ4n) is 2.38. The zero-order valence-electron chi connectivity index (χ0n) is 12.5. The van der Waals surface area contributed by atoms with E-state index in [1.54, 1.807) is 0 Å². The molecule has 0 heterocycles. The average Bonchev–Trinajstić information content (AvgIpc) is 2.48. The number of Topliss-reactive ketones (excluding diaryl/α,β-unsaturated/α-hetero) is 2. The van der Waals surface area contributed by atoms with Gasteiger partial charge in [-0.15, -0.1) is 0 Å². The van der Waals surface area contributed by atoms with Crippen LogP contribution in [0.4, 0.5) is 0 Å². The molecule has 0 N–H and O–H groups in total. The van der Waals surface area contributed by atoms with E-state index in [-0.39, 0.29) is 17.0 Å². The topological polar surface area (TPSA) is 34.1 Å². The molecule has 2 heteroatoms. The van der Waals surface area contributed by atoms with Crippen LogP contribution < -0.4 is 0 Å². The molecular formula is C19H20O2. The molecule has 0 saturated carbocycles. The minimum Gasteiger partial charge on any atom is -0.294 e. The molecule has 0 atom stereocenters. The Kier molecular flexibility index (Phi) is 4.69. The number of carbonyl (C=O) groups excluding carboxylic acids is 2. The van der Waals surface area contributed by atoms with E-state index >= 15 is 0 Å². The molecule has 0 saturated heterocycles. The lowest BCUT2D eigenvalue weighted by Gasteiger charge is -2.23. The van der Waals surface area contributed by atoms with Gasteiger partial charge < -0.3 is 0 Å². The van der Waals surface area contributed by atoms with Gasteiger partial charge in [-0.05, 0) is 5.41 Å². The van der Waals surface area contributed by atoms with Crippen LogP contribution in [-0.2, 0) is 0 Å². The van der Waals surface area contributed by atoms with Gasteiger partial charge in [-0.3, -0.25) is 9.59 Å². The molecule has 0 spiro atoms. The summed E-state index contributed by atoms with van der Waals surface area (Å²) < 4.78 is 0. The van der Waals surface area contributed by atoms with Gasteiger partial charge in [0.05, 0.1) is 0 Å². The summed E-state index contributed by atoms with van der Waals surface area (Å²) in [7, 11) is 0. The van der Waals surface area contributed by atoms with Crippen LogP contribution in [0.15, 0.2) is 60.7 Å². The average molecular weight is 280 g/mol. The van der Waals surface area contributed by atoms with E-state index in [4.69, 9.17) is 0 Å². The molecule has 108 valence electrons. The fraction of sp³-hybridized carbons (Fsp3) is 0.263. The van der Waals surface area contributed by atoms with E-state index < -0.39 is 0 Å². The Labute approximate surface area is 125 Å². The lowest BCUT2D eigenvalue weighted by Crippen LogP contribution is -2.21. The van der Waals surface area contributed by atoms with Gasteiger partial charge in [0.25, 0.3) is 0 Å². The van der Waals surface area contributed by atoms with Crippen LogP contribution in [0.5, 0.6) is 0 Å². The molecule has 0 fully saturated rings. The van der Waals surface area contributed by atoms with Crippen molar-refractivity contribution >= 4 is 11.6 Å². The fourth-order valence-corrected chi connectivity index (χ4v) is 2.38. The molecule has 2 aromatic rings. The first-order chi connectivity index (χ1) is 9.98. The Hall–Kier alpha value is -2.22. The van der Waals surface area contributed by atoms with Crippen molar-refractivity contribution in [1.29, 1.82) is 0 Å². The summed E-state index contributed by atoms with van der Waals surface area (Å²) in [6.45, 7) is 3.93. The van der Waals surface area contributed by atoms with Crippen LogP contribution in [-0.4, -0.2) is 11.6 Å². The maximum absolute atomic E-state index is 12.3. The summed E-state index contributed by atoms with van der Waals surface area (Å²) in [5.41, 5.74) is 1.07. The van der Waals surface area contributed by atoms with Crippen LogP contribution in [0.2, 0.25) is 0 Å². The van der Waals surface area contributed by atoms with E-state index in [9.17, 15) is 9.59 Å². The largest absolute Gasteiger partial charge is 0.294 e. The van der Waals surface area contributed by atoms with Crippen LogP contribution in [0, 0.1) is 5.41 Å². The Balaban J connectivity index is 2.02. The summed E-state index contributed by atoms with van der Waals surface area (Å²) in [6, 6.07) is 18.5. The van der Waals surface area contributed by atoms with Crippen LogP contribution in [0.3, 0.4) is 0 Å². The number of carbonyl (C=O) groups is 2. The Bertz CT molecular complexity index is 557. The van der Waals surface area contributed by atoms with Crippen molar-refractivity contribution in [2.75, 3.05) is 0 Å². The third kappa shape index (κ3) is 4.38. The highest BCUT2D eigenvalue weighted by molar-refractivity contribution is 5.99.